The maximum atomic E-state index is 12.8. The summed E-state index contributed by atoms with van der Waals surface area (Å²) >= 11 is 0. The number of carbonyl (C=O) groups excluding carboxylic acids is 1. The first-order valence-corrected chi connectivity index (χ1v) is 8.52. The second-order valence-electron chi connectivity index (χ2n) is 6.55. The van der Waals surface area contributed by atoms with E-state index in [0.29, 0.717) is 18.4 Å². The van der Waals surface area contributed by atoms with E-state index in [1.54, 1.807) is 19.9 Å². The number of hydrogen-bond acceptors (Lipinski definition) is 1. The van der Waals surface area contributed by atoms with Crippen molar-refractivity contribution in [1.29, 1.82) is 0 Å². The molecule has 1 amide bonds. The first-order valence-electron chi connectivity index (χ1n) is 8.52. The largest absolute Gasteiger partial charge is 0.321 e. The second kappa shape index (κ2) is 11.7. The van der Waals surface area contributed by atoms with Crippen molar-refractivity contribution >= 4 is 5.91 Å². The van der Waals surface area contributed by atoms with Crippen LogP contribution in [0.1, 0.15) is 59.8 Å². The highest BCUT2D eigenvalue weighted by Crippen LogP contribution is 2.24. The molecule has 25 heavy (non-hydrogen) atoms. The molecular formula is C20H30F3NO. The Balaban J connectivity index is 5.18. The van der Waals surface area contributed by atoms with Crippen molar-refractivity contribution in [2.24, 2.45) is 0 Å². The summed E-state index contributed by atoms with van der Waals surface area (Å²) < 4.78 is 38.1. The Morgan fingerprint density at radius 1 is 1.08 bits per heavy atom. The molecule has 1 atom stereocenters. The first kappa shape index (κ1) is 23.2. The number of amides is 1. The maximum absolute atomic E-state index is 12.8. The van der Waals surface area contributed by atoms with Crippen molar-refractivity contribution in [2.45, 2.75) is 72.4 Å². The van der Waals surface area contributed by atoms with Crippen LogP contribution in [0.25, 0.3) is 0 Å². The van der Waals surface area contributed by atoms with Crippen LogP contribution in [-0.4, -0.2) is 18.5 Å². The minimum Gasteiger partial charge on any atom is -0.321 e. The third-order valence-corrected chi connectivity index (χ3v) is 3.55. The van der Waals surface area contributed by atoms with Gasteiger partial charge in [0.1, 0.15) is 0 Å². The van der Waals surface area contributed by atoms with Gasteiger partial charge in [0, 0.05) is 5.57 Å². The molecule has 2 nitrogen and oxygen atoms in total. The van der Waals surface area contributed by atoms with Gasteiger partial charge in [0.2, 0.25) is 0 Å². The van der Waals surface area contributed by atoms with Crippen LogP contribution in [0, 0.1) is 0 Å². The summed E-state index contributed by atoms with van der Waals surface area (Å²) in [5, 5.41) is 2.17. The fourth-order valence-electron chi connectivity index (χ4n) is 2.44. The average molecular weight is 357 g/mol. The lowest BCUT2D eigenvalue weighted by atomic mass is 9.93. The highest BCUT2D eigenvalue weighted by Gasteiger charge is 2.19. The van der Waals surface area contributed by atoms with Crippen molar-refractivity contribution in [3.05, 3.63) is 47.2 Å². The third kappa shape index (κ3) is 9.95. The molecule has 0 bridgehead atoms. The van der Waals surface area contributed by atoms with Crippen LogP contribution in [0.3, 0.4) is 0 Å². The summed E-state index contributed by atoms with van der Waals surface area (Å²) in [6, 6.07) is 0. The summed E-state index contributed by atoms with van der Waals surface area (Å²) in [6.07, 6.45) is 1.69. The fraction of sp³-hybridized carbons (Fsp3) is 0.550. The summed E-state index contributed by atoms with van der Waals surface area (Å²) in [7, 11) is 0. The van der Waals surface area contributed by atoms with Crippen molar-refractivity contribution in [3.8, 4) is 0 Å². The van der Waals surface area contributed by atoms with Crippen molar-refractivity contribution < 1.29 is 18.0 Å². The third-order valence-electron chi connectivity index (χ3n) is 3.55. The van der Waals surface area contributed by atoms with Gasteiger partial charge >= 0.3 is 0 Å². The van der Waals surface area contributed by atoms with Crippen molar-refractivity contribution in [3.63, 3.8) is 0 Å². The lowest BCUT2D eigenvalue weighted by Gasteiger charge is -2.16. The van der Waals surface area contributed by atoms with Gasteiger partial charge in [-0.3, -0.25) is 4.79 Å². The summed E-state index contributed by atoms with van der Waals surface area (Å²) in [5.41, 5.74) is 2.01. The molecule has 0 aromatic rings. The zero-order chi connectivity index (χ0) is 19.6. The van der Waals surface area contributed by atoms with Crippen LogP contribution in [-0.2, 0) is 4.79 Å². The maximum Gasteiger partial charge on any atom is 0.277 e. The Morgan fingerprint density at radius 2 is 1.68 bits per heavy atom. The monoisotopic (exact) mass is 357 g/mol. The van der Waals surface area contributed by atoms with E-state index in [1.807, 2.05) is 6.92 Å². The highest BCUT2D eigenvalue weighted by molar-refractivity contribution is 5.99. The van der Waals surface area contributed by atoms with Gasteiger partial charge in [-0.1, -0.05) is 43.2 Å². The fourth-order valence-corrected chi connectivity index (χ4v) is 2.44. The van der Waals surface area contributed by atoms with Gasteiger partial charge < -0.3 is 5.32 Å². The first-order chi connectivity index (χ1) is 11.6. The van der Waals surface area contributed by atoms with Crippen LogP contribution < -0.4 is 5.32 Å². The van der Waals surface area contributed by atoms with Crippen LogP contribution in [0.2, 0.25) is 0 Å². The predicted octanol–water partition coefficient (Wildman–Crippen LogP) is 6.03. The minimum absolute atomic E-state index is 0.378. The Hall–Kier alpha value is -1.78. The Morgan fingerprint density at radius 3 is 2.12 bits per heavy atom. The van der Waals surface area contributed by atoms with E-state index in [-0.39, 0.29) is 0 Å². The molecule has 0 aromatic carbocycles. The van der Waals surface area contributed by atoms with Crippen molar-refractivity contribution in [2.75, 3.05) is 0 Å². The van der Waals surface area contributed by atoms with E-state index in [2.05, 4.69) is 18.5 Å². The molecule has 0 rings (SSSR count). The number of unbranched alkanes of at least 4 members (excludes halogenated alkanes) is 2. The zero-order valence-corrected chi connectivity index (χ0v) is 15.7. The van der Waals surface area contributed by atoms with E-state index in [1.165, 1.54) is 6.92 Å². The zero-order valence-electron chi connectivity index (χ0n) is 15.7. The molecule has 0 aliphatic heterocycles. The van der Waals surface area contributed by atoms with E-state index in [4.69, 9.17) is 0 Å². The quantitative estimate of drug-likeness (QED) is 0.273. The Kier molecular flexibility index (Phi) is 10.9. The molecule has 1 N–H and O–H groups in total. The number of carbonyl (C=O) groups is 1. The summed E-state index contributed by atoms with van der Waals surface area (Å²) in [6.45, 7) is 13.9. The minimum atomic E-state index is -2.81. The number of hydrogen-bond donors (Lipinski definition) is 1. The Labute approximate surface area is 149 Å². The molecule has 142 valence electrons. The number of alkyl halides is 3. The number of rotatable bonds is 11. The molecule has 0 aromatic heterocycles. The SMILES string of the molecule is C=C(C)/C=C(/CCCCCC(C)F)C(C(=O)NC(=C)C(F)F)=C(C)C. The predicted molar refractivity (Wildman–Crippen MR) is 98.2 cm³/mol. The number of allylic oxidation sites excluding steroid dienone is 4. The average Bonchev–Trinajstić information content (AvgIpc) is 2.45. The molecule has 0 aliphatic rings. The second-order valence-corrected chi connectivity index (χ2v) is 6.55. The molecule has 0 saturated heterocycles. The van der Waals surface area contributed by atoms with Gasteiger partial charge in [0.05, 0.1) is 11.9 Å². The van der Waals surface area contributed by atoms with Gasteiger partial charge in [0.25, 0.3) is 12.3 Å². The smallest absolute Gasteiger partial charge is 0.277 e. The van der Waals surface area contributed by atoms with E-state index in [0.717, 1.165) is 36.0 Å². The van der Waals surface area contributed by atoms with Gasteiger partial charge in [-0.25, -0.2) is 13.2 Å². The van der Waals surface area contributed by atoms with Gasteiger partial charge in [-0.05, 0) is 52.5 Å². The molecule has 0 radical (unpaired) electrons. The van der Waals surface area contributed by atoms with E-state index < -0.39 is 24.2 Å². The number of nitrogens with one attached hydrogen (secondary N) is 1. The molecule has 0 aliphatic carbocycles. The summed E-state index contributed by atoms with van der Waals surface area (Å²) in [4.78, 5) is 12.4. The highest BCUT2D eigenvalue weighted by atomic mass is 19.3. The standard InChI is InChI=1S/C20H30F3NO/c1-13(2)12-17(11-9-7-8-10-15(5)21)18(14(3)4)20(25)24-16(6)19(22)23/h12,15,19H,1,6-11H2,2-5H3,(H,24,25)/b17-12-. The molecular weight excluding hydrogens is 327 g/mol. The molecule has 0 heterocycles. The number of halogens is 3. The van der Waals surface area contributed by atoms with E-state index in [9.17, 15) is 18.0 Å². The Bertz CT molecular complexity index is 541. The van der Waals surface area contributed by atoms with Gasteiger partial charge in [-0.15, -0.1) is 0 Å². The van der Waals surface area contributed by atoms with Gasteiger partial charge in [-0.2, -0.15) is 0 Å². The van der Waals surface area contributed by atoms with Crippen LogP contribution in [0.4, 0.5) is 13.2 Å². The normalized spacial score (nSPS) is 12.7. The summed E-state index contributed by atoms with van der Waals surface area (Å²) in [5.74, 6) is -0.588. The molecule has 0 saturated carbocycles. The molecule has 1 unspecified atom stereocenters. The van der Waals surface area contributed by atoms with Crippen molar-refractivity contribution in [1.82, 2.24) is 5.32 Å². The van der Waals surface area contributed by atoms with Gasteiger partial charge in [0.15, 0.2) is 0 Å². The van der Waals surface area contributed by atoms with Crippen LogP contribution in [0.15, 0.2) is 47.2 Å². The van der Waals surface area contributed by atoms with E-state index >= 15 is 0 Å². The van der Waals surface area contributed by atoms with Crippen LogP contribution in [0.5, 0.6) is 0 Å². The molecule has 0 fully saturated rings. The van der Waals surface area contributed by atoms with Crippen LogP contribution >= 0.6 is 0 Å². The molecule has 0 spiro atoms. The lowest BCUT2D eigenvalue weighted by molar-refractivity contribution is -0.117. The topological polar surface area (TPSA) is 29.1 Å². The molecule has 5 heteroatoms. The lowest BCUT2D eigenvalue weighted by Crippen LogP contribution is -2.28.